The fourth-order valence-corrected chi connectivity index (χ4v) is 2.28. The Bertz CT molecular complexity index is 442. The van der Waals surface area contributed by atoms with E-state index in [1.165, 1.54) is 7.11 Å². The molecule has 0 saturated carbocycles. The molecule has 1 aromatic heterocycles. The molecule has 0 radical (unpaired) electrons. The highest BCUT2D eigenvalue weighted by Crippen LogP contribution is 2.05. The van der Waals surface area contributed by atoms with Crippen molar-refractivity contribution in [2.75, 3.05) is 20.3 Å². The Kier molecular flexibility index (Phi) is 5.06. The number of hydrogen-bond acceptors (Lipinski definition) is 6. The third-order valence-electron chi connectivity index (χ3n) is 1.91. The molecule has 0 aliphatic rings. The van der Waals surface area contributed by atoms with Crippen molar-refractivity contribution < 1.29 is 22.8 Å². The number of ether oxygens (including phenoxy) is 1. The van der Waals surface area contributed by atoms with Gasteiger partial charge in [-0.1, -0.05) is 5.16 Å². The zero-order valence-corrected chi connectivity index (χ0v) is 10.5. The number of methoxy groups -OCH3 is 1. The van der Waals surface area contributed by atoms with Crippen LogP contribution in [0.1, 0.15) is 11.5 Å². The molecule has 1 aromatic rings. The van der Waals surface area contributed by atoms with Gasteiger partial charge in [-0.25, -0.2) is 13.1 Å². The first kappa shape index (κ1) is 14.1. The van der Waals surface area contributed by atoms with Gasteiger partial charge in [-0.2, -0.15) is 0 Å². The average molecular weight is 264 g/mol. The number of aromatic nitrogens is 1. The fourth-order valence-electron chi connectivity index (χ4n) is 1.21. The van der Waals surface area contributed by atoms with Crippen molar-refractivity contribution >= 4 is 10.0 Å². The Morgan fingerprint density at radius 3 is 2.88 bits per heavy atom. The van der Waals surface area contributed by atoms with Gasteiger partial charge in [0.05, 0.1) is 12.7 Å². The van der Waals surface area contributed by atoms with E-state index in [1.807, 2.05) is 0 Å². The van der Waals surface area contributed by atoms with E-state index in [1.54, 1.807) is 13.0 Å². The van der Waals surface area contributed by atoms with Crippen molar-refractivity contribution in [3.05, 3.63) is 17.5 Å². The van der Waals surface area contributed by atoms with Crippen molar-refractivity contribution in [2.45, 2.75) is 18.8 Å². The molecule has 1 rings (SSSR count). The second-order valence-corrected chi connectivity index (χ2v) is 5.45. The number of aliphatic hydroxyl groups excluding tert-OH is 1. The molecule has 0 aromatic carbocycles. The van der Waals surface area contributed by atoms with Gasteiger partial charge < -0.3 is 14.4 Å². The van der Waals surface area contributed by atoms with Gasteiger partial charge in [-0.3, -0.25) is 0 Å². The summed E-state index contributed by atoms with van der Waals surface area (Å²) < 4.78 is 34.8. The summed E-state index contributed by atoms with van der Waals surface area (Å²) >= 11 is 0. The number of sulfonamides is 1. The van der Waals surface area contributed by atoms with Gasteiger partial charge in [-0.05, 0) is 6.92 Å². The molecule has 0 amide bonds. The van der Waals surface area contributed by atoms with Crippen LogP contribution in [0.15, 0.2) is 10.6 Å². The van der Waals surface area contributed by atoms with Crippen LogP contribution in [0.3, 0.4) is 0 Å². The number of hydrogen-bond donors (Lipinski definition) is 2. The molecule has 0 aliphatic heterocycles. The first-order chi connectivity index (χ1) is 7.93. The number of rotatable bonds is 7. The topological polar surface area (TPSA) is 102 Å². The van der Waals surface area contributed by atoms with Crippen LogP contribution in [0.5, 0.6) is 0 Å². The van der Waals surface area contributed by atoms with Crippen LogP contribution in [0.2, 0.25) is 0 Å². The minimum absolute atomic E-state index is 0.0750. The van der Waals surface area contributed by atoms with Crippen LogP contribution in [0.25, 0.3) is 0 Å². The highest BCUT2D eigenvalue weighted by atomic mass is 32.2. The molecule has 7 nitrogen and oxygen atoms in total. The van der Waals surface area contributed by atoms with Crippen molar-refractivity contribution in [1.29, 1.82) is 0 Å². The second kappa shape index (κ2) is 6.10. The molecule has 0 bridgehead atoms. The van der Waals surface area contributed by atoms with Gasteiger partial charge in [0.2, 0.25) is 10.0 Å². The molecule has 0 saturated heterocycles. The van der Waals surface area contributed by atoms with Crippen LogP contribution in [-0.4, -0.2) is 45.0 Å². The maximum Gasteiger partial charge on any atom is 0.217 e. The molecule has 1 heterocycles. The first-order valence-electron chi connectivity index (χ1n) is 4.99. The van der Waals surface area contributed by atoms with E-state index >= 15 is 0 Å². The van der Waals surface area contributed by atoms with Crippen molar-refractivity contribution in [1.82, 2.24) is 9.88 Å². The molecule has 8 heteroatoms. The Hall–Kier alpha value is -0.960. The molecule has 1 atom stereocenters. The molecular formula is C9H16N2O5S. The van der Waals surface area contributed by atoms with Crippen LogP contribution in [0, 0.1) is 6.92 Å². The van der Waals surface area contributed by atoms with E-state index in [9.17, 15) is 13.5 Å². The normalized spacial score (nSPS) is 13.8. The number of aliphatic hydroxyl groups is 1. The summed E-state index contributed by atoms with van der Waals surface area (Å²) in [5.74, 6) is 0.277. The van der Waals surface area contributed by atoms with Crippen LogP contribution in [-0.2, 0) is 20.5 Å². The summed E-state index contributed by atoms with van der Waals surface area (Å²) in [7, 11) is -2.10. The number of nitrogens with zero attached hydrogens (tertiary/aromatic N) is 1. The lowest BCUT2D eigenvalue weighted by Crippen LogP contribution is -2.35. The molecule has 0 aliphatic carbocycles. The van der Waals surface area contributed by atoms with Gasteiger partial charge in [0.1, 0.15) is 17.2 Å². The van der Waals surface area contributed by atoms with Crippen molar-refractivity contribution in [3.63, 3.8) is 0 Å². The summed E-state index contributed by atoms with van der Waals surface area (Å²) in [6, 6.07) is 1.55. The second-order valence-electron chi connectivity index (χ2n) is 3.65. The largest absolute Gasteiger partial charge is 0.389 e. The van der Waals surface area contributed by atoms with Crippen LogP contribution >= 0.6 is 0 Å². The highest BCUT2D eigenvalue weighted by Gasteiger charge is 2.16. The van der Waals surface area contributed by atoms with Gasteiger partial charge >= 0.3 is 0 Å². The summed E-state index contributed by atoms with van der Waals surface area (Å²) in [5.41, 5.74) is 0.330. The quantitative estimate of drug-likeness (QED) is 0.682. The standard InChI is InChI=1S/C9H16N2O5S/c1-7-3-8(11-16-7)6-17(13,14)10-4-9(12)5-15-2/h3,9-10,12H,4-6H2,1-2H3. The Morgan fingerprint density at radius 2 is 2.35 bits per heavy atom. The maximum absolute atomic E-state index is 11.6. The first-order valence-corrected chi connectivity index (χ1v) is 6.64. The Balaban J connectivity index is 2.46. The van der Waals surface area contributed by atoms with Gasteiger partial charge in [0, 0.05) is 19.7 Å². The summed E-state index contributed by atoms with van der Waals surface area (Å²) in [6.07, 6.45) is -0.867. The smallest absolute Gasteiger partial charge is 0.217 e. The van der Waals surface area contributed by atoms with E-state index in [2.05, 4.69) is 14.6 Å². The summed E-state index contributed by atoms with van der Waals surface area (Å²) in [5, 5.41) is 12.9. The van der Waals surface area contributed by atoms with Crippen LogP contribution in [0.4, 0.5) is 0 Å². The van der Waals surface area contributed by atoms with E-state index in [4.69, 9.17) is 4.52 Å². The lowest BCUT2D eigenvalue weighted by molar-refractivity contribution is 0.0679. The average Bonchev–Trinajstić information content (AvgIpc) is 2.61. The Labute approximate surface area is 99.8 Å². The lowest BCUT2D eigenvalue weighted by atomic mass is 10.4. The maximum atomic E-state index is 11.6. The minimum Gasteiger partial charge on any atom is -0.389 e. The molecule has 98 valence electrons. The molecule has 0 fully saturated rings. The van der Waals surface area contributed by atoms with E-state index in [-0.39, 0.29) is 18.9 Å². The van der Waals surface area contributed by atoms with Gasteiger partial charge in [0.25, 0.3) is 0 Å². The number of aryl methyl sites for hydroxylation is 1. The molecular weight excluding hydrogens is 248 g/mol. The predicted octanol–water partition coefficient (Wildman–Crippen LogP) is -0.590. The lowest BCUT2D eigenvalue weighted by Gasteiger charge is -2.10. The molecule has 1 unspecified atom stereocenters. The third-order valence-corrected chi connectivity index (χ3v) is 3.19. The third kappa shape index (κ3) is 5.26. The predicted molar refractivity (Wildman–Crippen MR) is 59.7 cm³/mol. The van der Waals surface area contributed by atoms with Crippen molar-refractivity contribution in [3.8, 4) is 0 Å². The summed E-state index contributed by atoms with van der Waals surface area (Å²) in [6.45, 7) is 1.66. The zero-order chi connectivity index (χ0) is 12.9. The molecule has 17 heavy (non-hydrogen) atoms. The van der Waals surface area contributed by atoms with E-state index in [0.717, 1.165) is 0 Å². The molecule has 0 spiro atoms. The van der Waals surface area contributed by atoms with Gasteiger partial charge in [-0.15, -0.1) is 0 Å². The highest BCUT2D eigenvalue weighted by molar-refractivity contribution is 7.88. The van der Waals surface area contributed by atoms with Crippen LogP contribution < -0.4 is 4.72 Å². The summed E-state index contributed by atoms with van der Waals surface area (Å²) in [4.78, 5) is 0. The minimum atomic E-state index is -3.52. The fraction of sp³-hybridized carbons (Fsp3) is 0.667. The van der Waals surface area contributed by atoms with E-state index < -0.39 is 16.1 Å². The number of nitrogens with one attached hydrogen (secondary N) is 1. The van der Waals surface area contributed by atoms with Crippen molar-refractivity contribution in [2.24, 2.45) is 0 Å². The van der Waals surface area contributed by atoms with E-state index in [0.29, 0.717) is 11.5 Å². The monoisotopic (exact) mass is 264 g/mol. The van der Waals surface area contributed by atoms with Gasteiger partial charge in [0.15, 0.2) is 0 Å². The SMILES string of the molecule is COCC(O)CNS(=O)(=O)Cc1cc(C)on1. The molecule has 2 N–H and O–H groups in total. The zero-order valence-electron chi connectivity index (χ0n) is 9.71. The Morgan fingerprint density at radius 1 is 1.65 bits per heavy atom.